The maximum atomic E-state index is 13.9. The molecule has 1 saturated heterocycles. The predicted octanol–water partition coefficient (Wildman–Crippen LogP) is -0.0963. The van der Waals surface area contributed by atoms with Gasteiger partial charge in [0.1, 0.15) is 5.82 Å². The molecule has 0 aromatic heterocycles. The Morgan fingerprint density at radius 3 is 2.31 bits per heavy atom. The Morgan fingerprint density at radius 2 is 1.73 bits per heavy atom. The van der Waals surface area contributed by atoms with Crippen LogP contribution >= 0.6 is 0 Å². The van der Waals surface area contributed by atoms with E-state index in [0.717, 1.165) is 4.90 Å². The Hall–Kier alpha value is -2.15. The summed E-state index contributed by atoms with van der Waals surface area (Å²) in [6.07, 6.45) is 0. The minimum Gasteiger partial charge on any atom is -0.366 e. The van der Waals surface area contributed by atoms with E-state index in [9.17, 15) is 14.0 Å². The van der Waals surface area contributed by atoms with E-state index in [1.165, 1.54) is 6.07 Å². The van der Waals surface area contributed by atoms with Crippen LogP contribution in [0.1, 0.15) is 20.8 Å². The van der Waals surface area contributed by atoms with Crippen LogP contribution in [0.5, 0.6) is 0 Å². The van der Waals surface area contributed by atoms with Gasteiger partial charge in [-0.1, -0.05) is 12.1 Å². The van der Waals surface area contributed by atoms with Gasteiger partial charge in [0, 0.05) is 31.7 Å². The van der Waals surface area contributed by atoms with Gasteiger partial charge in [-0.15, -0.1) is 0 Å². The van der Waals surface area contributed by atoms with E-state index in [-0.39, 0.29) is 36.3 Å². The van der Waals surface area contributed by atoms with Gasteiger partial charge in [-0.3, -0.25) is 9.59 Å². The van der Waals surface area contributed by atoms with Crippen molar-refractivity contribution >= 4 is 17.5 Å². The molecule has 1 aromatic carbocycles. The number of hydrogen-bond acceptors (Lipinski definition) is 3. The molecule has 0 saturated carbocycles. The van der Waals surface area contributed by atoms with Gasteiger partial charge in [-0.05, 0) is 32.9 Å². The van der Waals surface area contributed by atoms with Gasteiger partial charge in [0.05, 0.1) is 12.7 Å². The molecule has 1 fully saturated rings. The lowest BCUT2D eigenvalue weighted by Gasteiger charge is -2.36. The Bertz CT molecular complexity index is 637. The van der Waals surface area contributed by atoms with Crippen LogP contribution in [0.3, 0.4) is 0 Å². The molecule has 2 amide bonds. The summed E-state index contributed by atoms with van der Waals surface area (Å²) in [5, 5.41) is 2.91. The van der Waals surface area contributed by atoms with E-state index in [0.29, 0.717) is 31.9 Å². The van der Waals surface area contributed by atoms with Crippen molar-refractivity contribution in [3.63, 3.8) is 0 Å². The van der Waals surface area contributed by atoms with Gasteiger partial charge in [0.25, 0.3) is 11.8 Å². The fourth-order valence-electron chi connectivity index (χ4n) is 3.07. The summed E-state index contributed by atoms with van der Waals surface area (Å²) in [6, 6.07) is 6.70. The van der Waals surface area contributed by atoms with E-state index in [1.807, 2.05) is 38.8 Å². The Balaban J connectivity index is 1.79. The number of likely N-dealkylation sites (N-methyl/N-ethyl adjacent to an activating group) is 1. The number of rotatable bonds is 5. The molecule has 6 nitrogen and oxygen atoms in total. The van der Waals surface area contributed by atoms with Crippen LogP contribution in [0.25, 0.3) is 0 Å². The number of halogens is 1. The van der Waals surface area contributed by atoms with Crippen molar-refractivity contribution in [2.45, 2.75) is 26.3 Å². The lowest BCUT2D eigenvalue weighted by molar-refractivity contribution is -0.863. The molecule has 26 heavy (non-hydrogen) atoms. The number of carbonyl (C=O) groups is 2. The second-order valence-corrected chi connectivity index (χ2v) is 7.93. The quantitative estimate of drug-likeness (QED) is 0.767. The molecular weight excluding hydrogens is 335 g/mol. The average molecular weight is 365 g/mol. The van der Waals surface area contributed by atoms with Gasteiger partial charge < -0.3 is 20.0 Å². The molecule has 0 bridgehead atoms. The zero-order valence-electron chi connectivity index (χ0n) is 16.1. The first kappa shape index (κ1) is 20.2. The first-order chi connectivity index (χ1) is 12.2. The van der Waals surface area contributed by atoms with Gasteiger partial charge in [-0.2, -0.15) is 0 Å². The van der Waals surface area contributed by atoms with Crippen LogP contribution in [0.2, 0.25) is 0 Å². The highest BCUT2D eigenvalue weighted by molar-refractivity contribution is 5.79. The first-order valence-corrected chi connectivity index (χ1v) is 9.05. The summed E-state index contributed by atoms with van der Waals surface area (Å²) >= 11 is 0. The van der Waals surface area contributed by atoms with Crippen LogP contribution in [-0.4, -0.2) is 68.6 Å². The van der Waals surface area contributed by atoms with E-state index >= 15 is 0 Å². The number of benzene rings is 1. The van der Waals surface area contributed by atoms with Gasteiger partial charge in [-0.25, -0.2) is 4.39 Å². The maximum Gasteiger partial charge on any atom is 0.277 e. The molecule has 2 rings (SSSR count). The molecule has 144 valence electrons. The average Bonchev–Trinajstić information content (AvgIpc) is 2.53. The molecular formula is C19H30FN4O2+. The number of piperazine rings is 1. The standard InChI is InChI=1S/C19H29FN4O2/c1-19(2,3)21-17(25)13-22(4)14-18(26)24-11-9-23(10-12-24)16-8-6-5-7-15(16)20/h5-8H,9-14H2,1-4H3,(H,21,25)/p+1. The molecule has 0 aliphatic carbocycles. The van der Waals surface area contributed by atoms with Gasteiger partial charge in [0.2, 0.25) is 0 Å². The van der Waals surface area contributed by atoms with E-state index in [1.54, 1.807) is 17.0 Å². The number of carbonyl (C=O) groups excluding carboxylic acids is 2. The second kappa shape index (κ2) is 8.49. The van der Waals surface area contributed by atoms with E-state index in [4.69, 9.17) is 0 Å². The summed E-state index contributed by atoms with van der Waals surface area (Å²) in [5.74, 6) is -0.271. The predicted molar refractivity (Wildman–Crippen MR) is 99.7 cm³/mol. The summed E-state index contributed by atoms with van der Waals surface area (Å²) in [5.41, 5.74) is 0.311. The molecule has 1 atom stereocenters. The molecule has 0 radical (unpaired) electrons. The van der Waals surface area contributed by atoms with Gasteiger partial charge in [0.15, 0.2) is 13.1 Å². The Labute approximate surface area is 154 Å². The first-order valence-electron chi connectivity index (χ1n) is 9.05. The lowest BCUT2D eigenvalue weighted by atomic mass is 10.1. The second-order valence-electron chi connectivity index (χ2n) is 7.93. The number of amides is 2. The molecule has 1 aromatic rings. The summed E-state index contributed by atoms with van der Waals surface area (Å²) < 4.78 is 13.9. The van der Waals surface area contributed by atoms with Crippen LogP contribution in [0.4, 0.5) is 10.1 Å². The number of para-hydroxylation sites is 1. The summed E-state index contributed by atoms with van der Waals surface area (Å²) in [4.78, 5) is 29.0. The fourth-order valence-corrected chi connectivity index (χ4v) is 3.07. The highest BCUT2D eigenvalue weighted by Gasteiger charge is 2.25. The SMILES string of the molecule is C[NH+](CC(=O)NC(C)(C)C)CC(=O)N1CCN(c2ccccc2F)CC1. The minimum absolute atomic E-state index is 0.0271. The van der Waals surface area contributed by atoms with Crippen molar-refractivity contribution in [2.75, 3.05) is 51.2 Å². The number of anilines is 1. The van der Waals surface area contributed by atoms with E-state index < -0.39 is 0 Å². The fraction of sp³-hybridized carbons (Fsp3) is 0.579. The third kappa shape index (κ3) is 5.98. The van der Waals surface area contributed by atoms with Crippen LogP contribution in [0.15, 0.2) is 24.3 Å². The Kier molecular flexibility index (Phi) is 6.58. The third-order valence-corrected chi connectivity index (χ3v) is 4.26. The van der Waals surface area contributed by atoms with E-state index in [2.05, 4.69) is 5.32 Å². The largest absolute Gasteiger partial charge is 0.366 e. The topological polar surface area (TPSA) is 57.1 Å². The molecule has 1 aliphatic rings. The highest BCUT2D eigenvalue weighted by Crippen LogP contribution is 2.19. The lowest BCUT2D eigenvalue weighted by Crippen LogP contribution is -3.11. The smallest absolute Gasteiger partial charge is 0.277 e. The molecule has 1 aliphatic heterocycles. The third-order valence-electron chi connectivity index (χ3n) is 4.26. The van der Waals surface area contributed by atoms with Crippen molar-refractivity contribution in [3.8, 4) is 0 Å². The van der Waals surface area contributed by atoms with Crippen molar-refractivity contribution in [2.24, 2.45) is 0 Å². The van der Waals surface area contributed by atoms with Crippen molar-refractivity contribution < 1.29 is 18.9 Å². The summed E-state index contributed by atoms with van der Waals surface area (Å²) in [7, 11) is 1.84. The minimum atomic E-state index is -0.273. The number of hydrogen-bond donors (Lipinski definition) is 2. The van der Waals surface area contributed by atoms with Crippen LogP contribution < -0.4 is 15.1 Å². The monoisotopic (exact) mass is 365 g/mol. The van der Waals surface area contributed by atoms with Crippen molar-refractivity contribution in [1.29, 1.82) is 0 Å². The Morgan fingerprint density at radius 1 is 1.12 bits per heavy atom. The number of quaternary nitrogens is 1. The van der Waals surface area contributed by atoms with Crippen molar-refractivity contribution in [3.05, 3.63) is 30.1 Å². The molecule has 1 unspecified atom stereocenters. The van der Waals surface area contributed by atoms with Crippen LogP contribution in [-0.2, 0) is 9.59 Å². The molecule has 0 spiro atoms. The maximum absolute atomic E-state index is 13.9. The number of nitrogens with zero attached hydrogens (tertiary/aromatic N) is 2. The van der Waals surface area contributed by atoms with Crippen LogP contribution in [0, 0.1) is 5.82 Å². The highest BCUT2D eigenvalue weighted by atomic mass is 19.1. The van der Waals surface area contributed by atoms with Crippen molar-refractivity contribution in [1.82, 2.24) is 10.2 Å². The zero-order valence-corrected chi connectivity index (χ0v) is 16.1. The molecule has 1 heterocycles. The molecule has 7 heteroatoms. The normalized spacial score (nSPS) is 16.3. The molecule has 2 N–H and O–H groups in total. The summed E-state index contributed by atoms with van der Waals surface area (Å²) in [6.45, 7) is 8.67. The van der Waals surface area contributed by atoms with Gasteiger partial charge >= 0.3 is 0 Å². The number of nitrogens with one attached hydrogen (secondary N) is 2. The zero-order chi connectivity index (χ0) is 19.3.